The van der Waals surface area contributed by atoms with E-state index in [1.54, 1.807) is 0 Å². The quantitative estimate of drug-likeness (QED) is 0.0685. The van der Waals surface area contributed by atoms with Crippen molar-refractivity contribution in [2.24, 2.45) is 26.4 Å². The van der Waals surface area contributed by atoms with Crippen molar-refractivity contribution < 1.29 is 85.3 Å². The number of primary amides is 1. The number of phosphoric acid groups is 3. The van der Waals surface area contributed by atoms with E-state index >= 15 is 0 Å². The van der Waals surface area contributed by atoms with Gasteiger partial charge in [-0.3, -0.25) is 23.4 Å². The number of aliphatic hydroxyl groups is 3. The summed E-state index contributed by atoms with van der Waals surface area (Å²) in [6, 6.07) is 2.80. The third-order valence-electron chi connectivity index (χ3n) is 7.20. The molecule has 27 heteroatoms. The predicted octanol–water partition coefficient (Wildman–Crippen LogP) is -4.05. The Kier molecular flexibility index (Phi) is 10.7. The number of carbonyl (C=O) groups excluding carboxylic acids is 1. The predicted molar refractivity (Wildman–Crippen MR) is 153 cm³/mol. The minimum absolute atomic E-state index is 0.0290. The van der Waals surface area contributed by atoms with E-state index in [0.717, 1.165) is 0 Å². The van der Waals surface area contributed by atoms with Crippen LogP contribution in [-0.4, -0.2) is 132 Å². The number of aromatic nitrogens is 1. The van der Waals surface area contributed by atoms with Crippen molar-refractivity contribution in [3.8, 4) is 0 Å². The van der Waals surface area contributed by atoms with Crippen LogP contribution in [0.15, 0.2) is 39.5 Å². The highest BCUT2D eigenvalue weighted by molar-refractivity contribution is 7.61. The molecule has 11 N–H and O–H groups in total. The third kappa shape index (κ3) is 8.22. The lowest BCUT2D eigenvalue weighted by atomic mass is 10.1. The van der Waals surface area contributed by atoms with Crippen molar-refractivity contribution in [3.63, 3.8) is 0 Å². The van der Waals surface area contributed by atoms with Crippen LogP contribution >= 0.6 is 23.5 Å². The smallest absolute Gasteiger partial charge is 0.387 e. The van der Waals surface area contributed by atoms with Gasteiger partial charge in [0, 0.05) is 6.07 Å². The van der Waals surface area contributed by atoms with Crippen LogP contribution in [0.2, 0.25) is 0 Å². The number of amides is 1. The summed E-state index contributed by atoms with van der Waals surface area (Å²) in [5.74, 6) is -0.644. The molecule has 0 radical (unpaired) electrons. The van der Waals surface area contributed by atoms with Gasteiger partial charge in [0.2, 0.25) is 0 Å². The van der Waals surface area contributed by atoms with Crippen molar-refractivity contribution in [2.45, 2.75) is 49.1 Å². The van der Waals surface area contributed by atoms with Crippen LogP contribution in [0.4, 0.5) is 0 Å². The van der Waals surface area contributed by atoms with Crippen LogP contribution in [0.25, 0.3) is 0 Å². The second kappa shape index (κ2) is 14.0. The van der Waals surface area contributed by atoms with E-state index < -0.39 is 91.7 Å². The molecule has 10 atom stereocenters. The van der Waals surface area contributed by atoms with Crippen molar-refractivity contribution >= 4 is 46.8 Å². The Balaban J connectivity index is 1.18. The molecule has 24 nitrogen and oxygen atoms in total. The maximum absolute atomic E-state index is 12.6. The highest BCUT2D eigenvalue weighted by Crippen LogP contribution is 2.61. The van der Waals surface area contributed by atoms with Gasteiger partial charge in [-0.2, -0.15) is 8.88 Å². The Bertz CT molecular complexity index is 1660. The average Bonchev–Trinajstić information content (AvgIpc) is 3.64. The Labute approximate surface area is 269 Å². The lowest BCUT2D eigenvalue weighted by Gasteiger charge is -2.30. The molecule has 0 spiro atoms. The second-order valence-electron chi connectivity index (χ2n) is 10.5. The van der Waals surface area contributed by atoms with Crippen LogP contribution in [0.5, 0.6) is 0 Å². The fourth-order valence-electron chi connectivity index (χ4n) is 5.04. The number of pyridine rings is 1. The Morgan fingerprint density at radius 3 is 2.25 bits per heavy atom. The largest absolute Gasteiger partial charge is 0.481 e. The summed E-state index contributed by atoms with van der Waals surface area (Å²) >= 11 is 0. The van der Waals surface area contributed by atoms with Gasteiger partial charge in [-0.25, -0.2) is 23.7 Å². The molecular weight excluding hydrogens is 715 g/mol. The van der Waals surface area contributed by atoms with Crippen molar-refractivity contribution in [1.82, 2.24) is 4.90 Å². The Hall–Kier alpha value is -2.60. The summed E-state index contributed by atoms with van der Waals surface area (Å²) in [7, 11) is -16.2. The second-order valence-corrected chi connectivity index (χ2v) is 14.7. The zero-order valence-corrected chi connectivity index (χ0v) is 26.9. The molecule has 48 heavy (non-hydrogen) atoms. The van der Waals surface area contributed by atoms with Gasteiger partial charge in [-0.1, -0.05) is 0 Å². The van der Waals surface area contributed by atoms with E-state index in [1.807, 2.05) is 0 Å². The van der Waals surface area contributed by atoms with Crippen molar-refractivity contribution in [1.29, 1.82) is 0 Å². The number of aliphatic hydroxyl groups excluding tert-OH is 3. The molecule has 266 valence electrons. The molecule has 0 aromatic carbocycles. The van der Waals surface area contributed by atoms with Crippen molar-refractivity contribution in [3.05, 3.63) is 30.1 Å². The zero-order chi connectivity index (χ0) is 35.2. The molecule has 2 saturated heterocycles. The minimum atomic E-state index is -5.51. The van der Waals surface area contributed by atoms with Gasteiger partial charge < -0.3 is 60.7 Å². The van der Waals surface area contributed by atoms with Gasteiger partial charge in [0.15, 0.2) is 30.6 Å². The number of hydrogen-bond donors (Lipinski definition) is 9. The summed E-state index contributed by atoms with van der Waals surface area (Å²) in [5, 5.41) is 31.6. The first-order chi connectivity index (χ1) is 22.4. The molecule has 0 aliphatic carbocycles. The first-order valence-electron chi connectivity index (χ1n) is 13.6. The lowest BCUT2D eigenvalue weighted by molar-refractivity contribution is -0.765. The fourth-order valence-corrected chi connectivity index (χ4v) is 7.67. The highest BCUT2D eigenvalue weighted by Gasteiger charge is 2.53. The molecule has 4 aliphatic heterocycles. The number of nitrogens with two attached hydrogens (primary N) is 2. The number of amidine groups is 2. The van der Waals surface area contributed by atoms with Gasteiger partial charge in [0.25, 0.3) is 12.1 Å². The SMILES string of the molecule is NC(=O)c1ccc[n+]([C@@H]2O[C@H](COP(=O)(O)OP(=O)(O)OC[C@H]3O[C@@H](N4CN=C5C(N)=NCN=C54)[C@@H](OP(=O)(O)O)[C@@H]3O)[C@@H](O)[C@H]2O)c1. The van der Waals surface area contributed by atoms with Crippen LogP contribution < -0.4 is 16.0 Å². The number of rotatable bonds is 13. The molecule has 5 rings (SSSR count). The first kappa shape index (κ1) is 36.7. The maximum atomic E-state index is 12.6. The fraction of sp³-hybridized carbons (Fsp3) is 0.571. The van der Waals surface area contributed by atoms with Crippen LogP contribution in [0.3, 0.4) is 0 Å². The molecule has 0 bridgehead atoms. The Morgan fingerprint density at radius 2 is 1.62 bits per heavy atom. The number of aliphatic imine (C=N–C) groups is 3. The number of nitrogens with zero attached hydrogens (tertiary/aromatic N) is 5. The van der Waals surface area contributed by atoms with Gasteiger partial charge in [-0.05, 0) is 6.07 Å². The number of ether oxygens (including phenoxy) is 2. The third-order valence-corrected chi connectivity index (χ3v) is 10.3. The van der Waals surface area contributed by atoms with E-state index in [1.165, 1.54) is 34.0 Å². The summed E-state index contributed by atoms with van der Waals surface area (Å²) in [5.41, 5.74) is 11.2. The normalized spacial score (nSPS) is 33.0. The van der Waals surface area contributed by atoms with Gasteiger partial charge >= 0.3 is 23.5 Å². The molecule has 4 aliphatic rings. The molecule has 0 saturated carbocycles. The molecule has 5 heterocycles. The maximum Gasteiger partial charge on any atom is 0.481 e. The summed E-state index contributed by atoms with van der Waals surface area (Å²) in [4.78, 5) is 63.9. The number of carbonyl (C=O) groups is 1. The van der Waals surface area contributed by atoms with E-state index in [-0.39, 0.29) is 36.3 Å². The van der Waals surface area contributed by atoms with Gasteiger partial charge in [-0.15, -0.1) is 0 Å². The Morgan fingerprint density at radius 1 is 0.979 bits per heavy atom. The van der Waals surface area contributed by atoms with Crippen molar-refractivity contribution in [2.75, 3.05) is 26.6 Å². The van der Waals surface area contributed by atoms with Crippen LogP contribution in [0, 0.1) is 0 Å². The van der Waals surface area contributed by atoms with Gasteiger partial charge in [0.05, 0.1) is 13.2 Å². The van der Waals surface area contributed by atoms with E-state index in [0.29, 0.717) is 0 Å². The number of hydrogen-bond acceptors (Lipinski definition) is 18. The van der Waals surface area contributed by atoms with E-state index in [9.17, 15) is 53.4 Å². The topological polar surface area (TPSA) is 362 Å². The van der Waals surface area contributed by atoms with E-state index in [4.69, 9.17) is 30.0 Å². The zero-order valence-electron chi connectivity index (χ0n) is 24.2. The number of phosphoric ester groups is 3. The summed E-state index contributed by atoms with van der Waals surface area (Å²) < 4.78 is 67.4. The van der Waals surface area contributed by atoms with Crippen LogP contribution in [-0.2, 0) is 41.1 Å². The molecule has 1 aromatic heterocycles. The molecular formula is C21H31N7O17P3+. The lowest BCUT2D eigenvalue weighted by Crippen LogP contribution is -2.49. The van der Waals surface area contributed by atoms with E-state index in [2.05, 4.69) is 23.8 Å². The van der Waals surface area contributed by atoms with Crippen LogP contribution in [0.1, 0.15) is 16.6 Å². The first-order valence-corrected chi connectivity index (χ1v) is 18.1. The standard InChI is InChI=1S/C21H30N7O17P3/c22-17-12-19(25-7-24-17)28(8-26-12)21-16(44-46(33,34)35)14(30)11(43-21)6-41-48(38,39)45-47(36,37)40-5-10-13(29)15(31)20(42-10)27-3-1-2-9(4-27)18(23)32/h1-4,10-11,13-16,20-21,29-31H,5-8H2,(H7-,22,23,24,32,33,34,35,36,37,38,39)/p+1/t10-,11-,13-,14-,15-,16+,20-,21-/m1/s1. The molecule has 2 fully saturated rings. The summed E-state index contributed by atoms with van der Waals surface area (Å²) in [6.45, 7) is -2.32. The van der Waals surface area contributed by atoms with Gasteiger partial charge in [0.1, 0.15) is 61.0 Å². The highest BCUT2D eigenvalue weighted by atomic mass is 31.3. The minimum Gasteiger partial charge on any atom is -0.387 e. The monoisotopic (exact) mass is 746 g/mol. The summed E-state index contributed by atoms with van der Waals surface area (Å²) in [6.07, 6.45) is -10.3. The molecule has 2 unspecified atom stereocenters. The number of fused-ring (bicyclic) bond motifs is 1. The molecule has 1 aromatic rings. The average molecular weight is 746 g/mol. The molecule has 1 amide bonds.